The van der Waals surface area contributed by atoms with Crippen molar-refractivity contribution in [1.82, 2.24) is 14.8 Å². The third-order valence-corrected chi connectivity index (χ3v) is 2.83. The fraction of sp³-hybridized carbons (Fsp3) is 0.250. The zero-order chi connectivity index (χ0) is 14.7. The van der Waals surface area contributed by atoms with Gasteiger partial charge in [0.2, 0.25) is 5.91 Å². The summed E-state index contributed by atoms with van der Waals surface area (Å²) in [6.45, 7) is 3.43. The second-order valence-corrected chi connectivity index (χ2v) is 4.27. The highest BCUT2D eigenvalue weighted by molar-refractivity contribution is 5.93. The first kappa shape index (κ1) is 13.7. The smallest absolute Gasteiger partial charge is 0.307 e. The fourth-order valence-electron chi connectivity index (χ4n) is 1.59. The number of carbonyl (C=O) groups excluding carboxylic acids is 1. The number of nitrogens with zero attached hydrogens (tertiary/aromatic N) is 4. The Morgan fingerprint density at radius 3 is 2.90 bits per heavy atom. The normalized spacial score (nSPS) is 11.9. The summed E-state index contributed by atoms with van der Waals surface area (Å²) in [6, 6.07) is 2.92. The van der Waals surface area contributed by atoms with Crippen LogP contribution in [0.15, 0.2) is 30.7 Å². The van der Waals surface area contributed by atoms with E-state index >= 15 is 0 Å². The summed E-state index contributed by atoms with van der Waals surface area (Å²) < 4.78 is 1.24. The van der Waals surface area contributed by atoms with Gasteiger partial charge in [-0.2, -0.15) is 5.10 Å². The number of nitrogens with one attached hydrogen (secondary N) is 1. The van der Waals surface area contributed by atoms with E-state index in [1.54, 1.807) is 19.2 Å². The molecule has 2 aromatic heterocycles. The standard InChI is InChI=1S/C12H13N5O3/c1-8-4-3-5-13-11(8)15-12(18)9(2)16-7-10(6-14-16)17(19)20/h3-7,9H,1-2H3,(H,13,15,18). The third kappa shape index (κ3) is 2.79. The molecule has 1 unspecified atom stereocenters. The first-order chi connectivity index (χ1) is 9.49. The van der Waals surface area contributed by atoms with Crippen LogP contribution in [0.1, 0.15) is 18.5 Å². The van der Waals surface area contributed by atoms with E-state index in [0.717, 1.165) is 11.8 Å². The minimum atomic E-state index is -0.676. The zero-order valence-electron chi connectivity index (χ0n) is 11.0. The lowest BCUT2D eigenvalue weighted by Gasteiger charge is -2.12. The minimum absolute atomic E-state index is 0.154. The molecule has 0 saturated carbocycles. The molecular formula is C12H13N5O3. The van der Waals surface area contributed by atoms with Gasteiger partial charge in [-0.15, -0.1) is 0 Å². The summed E-state index contributed by atoms with van der Waals surface area (Å²) >= 11 is 0. The molecule has 0 fully saturated rings. The number of pyridine rings is 1. The van der Waals surface area contributed by atoms with E-state index < -0.39 is 11.0 Å². The van der Waals surface area contributed by atoms with Crippen LogP contribution in [0.5, 0.6) is 0 Å². The Morgan fingerprint density at radius 2 is 2.30 bits per heavy atom. The number of hydrogen-bond acceptors (Lipinski definition) is 5. The molecule has 104 valence electrons. The van der Waals surface area contributed by atoms with E-state index in [-0.39, 0.29) is 11.6 Å². The molecule has 0 spiro atoms. The predicted octanol–water partition coefficient (Wildman–Crippen LogP) is 1.69. The van der Waals surface area contributed by atoms with Gasteiger partial charge in [0, 0.05) is 6.20 Å². The van der Waals surface area contributed by atoms with Crippen molar-refractivity contribution in [3.05, 3.63) is 46.4 Å². The fourth-order valence-corrected chi connectivity index (χ4v) is 1.59. The SMILES string of the molecule is Cc1cccnc1NC(=O)C(C)n1cc([N+](=O)[O-])cn1. The molecule has 2 heterocycles. The number of aryl methyl sites for hydroxylation is 1. The number of nitro groups is 1. The average molecular weight is 275 g/mol. The molecule has 1 amide bonds. The van der Waals surface area contributed by atoms with Crippen LogP contribution in [0.2, 0.25) is 0 Å². The van der Waals surface area contributed by atoms with E-state index in [1.165, 1.54) is 10.9 Å². The lowest BCUT2D eigenvalue weighted by molar-refractivity contribution is -0.385. The molecule has 0 radical (unpaired) electrons. The molecule has 8 heteroatoms. The van der Waals surface area contributed by atoms with Crippen molar-refractivity contribution < 1.29 is 9.72 Å². The Morgan fingerprint density at radius 1 is 1.55 bits per heavy atom. The largest absolute Gasteiger partial charge is 0.309 e. The summed E-state index contributed by atoms with van der Waals surface area (Å²) in [5.41, 5.74) is 0.679. The first-order valence-electron chi connectivity index (χ1n) is 5.90. The number of aromatic nitrogens is 3. The van der Waals surface area contributed by atoms with Gasteiger partial charge in [0.1, 0.15) is 24.3 Å². The Bertz CT molecular complexity index is 652. The lowest BCUT2D eigenvalue weighted by atomic mass is 10.2. The van der Waals surface area contributed by atoms with Crippen LogP contribution in [-0.4, -0.2) is 25.6 Å². The van der Waals surface area contributed by atoms with E-state index in [2.05, 4.69) is 15.4 Å². The van der Waals surface area contributed by atoms with Crippen LogP contribution in [0.25, 0.3) is 0 Å². The van der Waals surface area contributed by atoms with Gasteiger partial charge in [-0.05, 0) is 25.5 Å². The van der Waals surface area contributed by atoms with Gasteiger partial charge in [0.05, 0.1) is 4.92 Å². The van der Waals surface area contributed by atoms with Gasteiger partial charge >= 0.3 is 5.69 Å². The van der Waals surface area contributed by atoms with Gasteiger partial charge < -0.3 is 5.32 Å². The molecule has 0 aliphatic rings. The van der Waals surface area contributed by atoms with Crippen molar-refractivity contribution in [2.45, 2.75) is 19.9 Å². The molecular weight excluding hydrogens is 262 g/mol. The zero-order valence-corrected chi connectivity index (χ0v) is 11.0. The molecule has 8 nitrogen and oxygen atoms in total. The monoisotopic (exact) mass is 275 g/mol. The summed E-state index contributed by atoms with van der Waals surface area (Å²) in [7, 11) is 0. The maximum Gasteiger partial charge on any atom is 0.307 e. The van der Waals surface area contributed by atoms with E-state index in [0.29, 0.717) is 5.82 Å². The van der Waals surface area contributed by atoms with Crippen molar-refractivity contribution in [3.8, 4) is 0 Å². The van der Waals surface area contributed by atoms with Crippen LogP contribution in [-0.2, 0) is 4.79 Å². The third-order valence-electron chi connectivity index (χ3n) is 2.83. The van der Waals surface area contributed by atoms with Crippen molar-refractivity contribution in [2.75, 3.05) is 5.32 Å². The number of rotatable bonds is 4. The van der Waals surface area contributed by atoms with Gasteiger partial charge in [-0.1, -0.05) is 6.07 Å². The molecule has 0 aromatic carbocycles. The molecule has 1 atom stereocenters. The summed E-state index contributed by atoms with van der Waals surface area (Å²) in [6.07, 6.45) is 3.90. The van der Waals surface area contributed by atoms with Crippen molar-refractivity contribution in [1.29, 1.82) is 0 Å². The van der Waals surface area contributed by atoms with Gasteiger partial charge in [-0.3, -0.25) is 19.6 Å². The minimum Gasteiger partial charge on any atom is -0.309 e. The van der Waals surface area contributed by atoms with Crippen molar-refractivity contribution >= 4 is 17.4 Å². The van der Waals surface area contributed by atoms with Gasteiger partial charge in [0.25, 0.3) is 0 Å². The number of anilines is 1. The van der Waals surface area contributed by atoms with Crippen LogP contribution >= 0.6 is 0 Å². The average Bonchev–Trinajstić information content (AvgIpc) is 2.90. The van der Waals surface area contributed by atoms with Crippen LogP contribution in [0.4, 0.5) is 11.5 Å². The lowest BCUT2D eigenvalue weighted by Crippen LogP contribution is -2.24. The van der Waals surface area contributed by atoms with Crippen LogP contribution in [0.3, 0.4) is 0 Å². The number of hydrogen-bond donors (Lipinski definition) is 1. The molecule has 2 rings (SSSR count). The molecule has 20 heavy (non-hydrogen) atoms. The highest BCUT2D eigenvalue weighted by Crippen LogP contribution is 2.15. The first-order valence-corrected chi connectivity index (χ1v) is 5.90. The Hall–Kier alpha value is -2.77. The quantitative estimate of drug-likeness (QED) is 0.675. The second kappa shape index (κ2) is 5.47. The molecule has 0 aliphatic carbocycles. The highest BCUT2D eigenvalue weighted by Gasteiger charge is 2.19. The predicted molar refractivity (Wildman–Crippen MR) is 71.2 cm³/mol. The maximum atomic E-state index is 12.1. The molecule has 1 N–H and O–H groups in total. The van der Waals surface area contributed by atoms with Gasteiger partial charge in [-0.25, -0.2) is 4.98 Å². The van der Waals surface area contributed by atoms with E-state index in [9.17, 15) is 14.9 Å². The Kier molecular flexibility index (Phi) is 3.74. The summed E-state index contributed by atoms with van der Waals surface area (Å²) in [4.78, 5) is 26.1. The Labute approximate surface area is 114 Å². The van der Waals surface area contributed by atoms with Crippen LogP contribution in [0, 0.1) is 17.0 Å². The molecule has 0 bridgehead atoms. The van der Waals surface area contributed by atoms with Crippen LogP contribution < -0.4 is 5.32 Å². The molecule has 0 saturated heterocycles. The van der Waals surface area contributed by atoms with Crippen molar-refractivity contribution in [3.63, 3.8) is 0 Å². The number of amides is 1. The van der Waals surface area contributed by atoms with Crippen molar-refractivity contribution in [2.24, 2.45) is 0 Å². The molecule has 2 aromatic rings. The summed E-state index contributed by atoms with van der Waals surface area (Å²) in [5.74, 6) is 0.121. The molecule has 0 aliphatic heterocycles. The van der Waals surface area contributed by atoms with E-state index in [4.69, 9.17) is 0 Å². The Balaban J connectivity index is 2.12. The maximum absolute atomic E-state index is 12.1. The topological polar surface area (TPSA) is 103 Å². The van der Waals surface area contributed by atoms with Gasteiger partial charge in [0.15, 0.2) is 0 Å². The second-order valence-electron chi connectivity index (χ2n) is 4.27. The summed E-state index contributed by atoms with van der Waals surface area (Å²) in [5, 5.41) is 17.1. The number of carbonyl (C=O) groups is 1. The highest BCUT2D eigenvalue weighted by atomic mass is 16.6. The van der Waals surface area contributed by atoms with E-state index in [1.807, 2.05) is 13.0 Å².